The van der Waals surface area contributed by atoms with Crippen LogP contribution < -0.4 is 0 Å². The fraction of sp³-hybridized carbons (Fsp3) is 0.333. The molecule has 0 aromatic rings. The summed E-state index contributed by atoms with van der Waals surface area (Å²) in [5, 5.41) is 17.5. The topological polar surface area (TPSA) is 74.6 Å². The molecule has 1 aliphatic carbocycles. The normalized spacial score (nSPS) is 26.7. The molecule has 13 heavy (non-hydrogen) atoms. The summed E-state index contributed by atoms with van der Waals surface area (Å²) in [6.45, 7) is 1.62. The quantitative estimate of drug-likeness (QED) is 0.665. The third-order valence-corrected chi connectivity index (χ3v) is 2.08. The number of allylic oxidation sites excluding steroid dienone is 2. The van der Waals surface area contributed by atoms with Crippen LogP contribution in [0, 0.1) is 11.8 Å². The lowest BCUT2D eigenvalue weighted by Crippen LogP contribution is -2.30. The molecule has 0 aromatic carbocycles. The van der Waals surface area contributed by atoms with Crippen molar-refractivity contribution in [2.24, 2.45) is 11.8 Å². The van der Waals surface area contributed by atoms with E-state index in [0.29, 0.717) is 5.57 Å². The smallest absolute Gasteiger partial charge is 0.311 e. The van der Waals surface area contributed by atoms with E-state index in [2.05, 4.69) is 0 Å². The van der Waals surface area contributed by atoms with E-state index in [4.69, 9.17) is 10.2 Å². The molecule has 0 aromatic heterocycles. The van der Waals surface area contributed by atoms with E-state index >= 15 is 0 Å². The van der Waals surface area contributed by atoms with Gasteiger partial charge in [0.15, 0.2) is 0 Å². The summed E-state index contributed by atoms with van der Waals surface area (Å²) in [5.41, 5.74) is 0.572. The molecule has 4 heteroatoms. The van der Waals surface area contributed by atoms with Crippen molar-refractivity contribution < 1.29 is 19.8 Å². The zero-order valence-corrected chi connectivity index (χ0v) is 7.10. The van der Waals surface area contributed by atoms with Gasteiger partial charge in [-0.25, -0.2) is 0 Å². The molecule has 2 atom stereocenters. The van der Waals surface area contributed by atoms with Gasteiger partial charge in [-0.2, -0.15) is 0 Å². The highest BCUT2D eigenvalue weighted by Gasteiger charge is 2.34. The second-order valence-corrected chi connectivity index (χ2v) is 2.98. The number of rotatable bonds is 2. The van der Waals surface area contributed by atoms with Gasteiger partial charge in [-0.05, 0) is 6.92 Å². The van der Waals surface area contributed by atoms with Gasteiger partial charge in [-0.1, -0.05) is 23.8 Å². The Hall–Kier alpha value is -1.58. The van der Waals surface area contributed by atoms with E-state index < -0.39 is 23.8 Å². The second kappa shape index (κ2) is 3.43. The maximum Gasteiger partial charge on any atom is 0.311 e. The van der Waals surface area contributed by atoms with Crippen molar-refractivity contribution >= 4 is 11.9 Å². The summed E-state index contributed by atoms with van der Waals surface area (Å²) in [6, 6.07) is 0. The van der Waals surface area contributed by atoms with E-state index in [-0.39, 0.29) is 0 Å². The fourth-order valence-electron chi connectivity index (χ4n) is 1.40. The molecular formula is C9H10O4. The average molecular weight is 182 g/mol. The van der Waals surface area contributed by atoms with E-state index in [1.54, 1.807) is 19.1 Å². The lowest BCUT2D eigenvalue weighted by atomic mass is 9.83. The molecule has 0 saturated heterocycles. The lowest BCUT2D eigenvalue weighted by molar-refractivity contribution is -0.150. The number of hydrogen-bond acceptors (Lipinski definition) is 2. The Kier molecular flexibility index (Phi) is 2.51. The molecule has 1 rings (SSSR count). The van der Waals surface area contributed by atoms with Gasteiger partial charge in [-0.3, -0.25) is 9.59 Å². The van der Waals surface area contributed by atoms with E-state index in [1.165, 1.54) is 6.08 Å². The molecule has 70 valence electrons. The number of aliphatic carboxylic acids is 2. The van der Waals surface area contributed by atoms with Crippen LogP contribution in [-0.2, 0) is 9.59 Å². The minimum absolute atomic E-state index is 0.572. The fourth-order valence-corrected chi connectivity index (χ4v) is 1.40. The van der Waals surface area contributed by atoms with Gasteiger partial charge in [0.2, 0.25) is 0 Å². The van der Waals surface area contributed by atoms with Gasteiger partial charge in [0, 0.05) is 0 Å². The van der Waals surface area contributed by atoms with Gasteiger partial charge in [0.25, 0.3) is 0 Å². The molecular weight excluding hydrogens is 172 g/mol. The Morgan fingerprint density at radius 2 is 1.92 bits per heavy atom. The van der Waals surface area contributed by atoms with Crippen molar-refractivity contribution in [3.05, 3.63) is 23.8 Å². The molecule has 0 amide bonds. The molecule has 2 unspecified atom stereocenters. The number of carboxylic acids is 2. The highest BCUT2D eigenvalue weighted by molar-refractivity contribution is 5.84. The molecule has 0 bridgehead atoms. The van der Waals surface area contributed by atoms with Crippen LogP contribution in [-0.4, -0.2) is 22.2 Å². The van der Waals surface area contributed by atoms with Crippen LogP contribution in [0.15, 0.2) is 23.8 Å². The van der Waals surface area contributed by atoms with Gasteiger partial charge in [0.05, 0.1) is 11.8 Å². The van der Waals surface area contributed by atoms with Gasteiger partial charge in [0.1, 0.15) is 0 Å². The molecule has 4 nitrogen and oxygen atoms in total. The first-order valence-electron chi connectivity index (χ1n) is 3.84. The molecule has 0 saturated carbocycles. The summed E-state index contributed by atoms with van der Waals surface area (Å²) < 4.78 is 0. The van der Waals surface area contributed by atoms with Crippen molar-refractivity contribution in [3.8, 4) is 0 Å². The largest absolute Gasteiger partial charge is 0.481 e. The van der Waals surface area contributed by atoms with Crippen LogP contribution in [0.1, 0.15) is 6.92 Å². The first-order chi connectivity index (χ1) is 6.04. The zero-order chi connectivity index (χ0) is 10.0. The number of hydrogen-bond donors (Lipinski definition) is 2. The summed E-state index contributed by atoms with van der Waals surface area (Å²) in [5.74, 6) is -4.06. The Bertz CT molecular complexity index is 301. The van der Waals surface area contributed by atoms with E-state index in [0.717, 1.165) is 0 Å². The average Bonchev–Trinajstić information content (AvgIpc) is 2.02. The second-order valence-electron chi connectivity index (χ2n) is 2.98. The molecule has 0 fully saturated rings. The highest BCUT2D eigenvalue weighted by atomic mass is 16.4. The van der Waals surface area contributed by atoms with Gasteiger partial charge < -0.3 is 10.2 Å². The molecule has 0 heterocycles. The minimum Gasteiger partial charge on any atom is -0.481 e. The Labute approximate surface area is 75.2 Å². The predicted molar refractivity (Wildman–Crippen MR) is 45.1 cm³/mol. The Morgan fingerprint density at radius 1 is 1.31 bits per heavy atom. The monoisotopic (exact) mass is 182 g/mol. The maximum absolute atomic E-state index is 10.7. The third-order valence-electron chi connectivity index (χ3n) is 2.08. The summed E-state index contributed by atoms with van der Waals surface area (Å²) in [7, 11) is 0. The molecule has 0 aliphatic heterocycles. The van der Waals surface area contributed by atoms with Crippen molar-refractivity contribution in [3.63, 3.8) is 0 Å². The van der Waals surface area contributed by atoms with Crippen LogP contribution in [0.5, 0.6) is 0 Å². The maximum atomic E-state index is 10.7. The summed E-state index contributed by atoms with van der Waals surface area (Å²) >= 11 is 0. The first kappa shape index (κ1) is 9.51. The van der Waals surface area contributed by atoms with Crippen LogP contribution in [0.3, 0.4) is 0 Å². The van der Waals surface area contributed by atoms with Crippen molar-refractivity contribution in [1.82, 2.24) is 0 Å². The zero-order valence-electron chi connectivity index (χ0n) is 7.10. The summed E-state index contributed by atoms with van der Waals surface area (Å²) in [6.07, 6.45) is 4.60. The van der Waals surface area contributed by atoms with Crippen molar-refractivity contribution in [2.75, 3.05) is 0 Å². The number of carbonyl (C=O) groups is 2. The highest BCUT2D eigenvalue weighted by Crippen LogP contribution is 2.26. The van der Waals surface area contributed by atoms with Crippen LogP contribution in [0.2, 0.25) is 0 Å². The van der Waals surface area contributed by atoms with Crippen molar-refractivity contribution in [1.29, 1.82) is 0 Å². The Morgan fingerprint density at radius 3 is 2.31 bits per heavy atom. The standard InChI is InChI=1S/C9H10O4/c1-5-3-2-4-6(8(10)11)7(5)9(12)13/h2-4,6-7H,1H3,(H,10,11)(H,12,13). The van der Waals surface area contributed by atoms with Crippen LogP contribution >= 0.6 is 0 Å². The summed E-state index contributed by atoms with van der Waals surface area (Å²) in [4.78, 5) is 21.4. The van der Waals surface area contributed by atoms with Crippen molar-refractivity contribution in [2.45, 2.75) is 6.92 Å². The van der Waals surface area contributed by atoms with Gasteiger partial charge >= 0.3 is 11.9 Å². The molecule has 2 N–H and O–H groups in total. The van der Waals surface area contributed by atoms with E-state index in [1.807, 2.05) is 0 Å². The minimum atomic E-state index is -1.10. The number of carboxylic acid groups (broad SMARTS) is 2. The third kappa shape index (κ3) is 1.77. The predicted octanol–water partition coefficient (Wildman–Crippen LogP) is 0.904. The molecule has 0 radical (unpaired) electrons. The molecule has 0 spiro atoms. The van der Waals surface area contributed by atoms with Crippen LogP contribution in [0.4, 0.5) is 0 Å². The van der Waals surface area contributed by atoms with Gasteiger partial charge in [-0.15, -0.1) is 0 Å². The molecule has 1 aliphatic rings. The van der Waals surface area contributed by atoms with E-state index in [9.17, 15) is 9.59 Å². The first-order valence-corrected chi connectivity index (χ1v) is 3.84. The SMILES string of the molecule is CC1=CC=CC(C(=O)O)C1C(=O)O. The lowest BCUT2D eigenvalue weighted by Gasteiger charge is -2.20. The van der Waals surface area contributed by atoms with Crippen LogP contribution in [0.25, 0.3) is 0 Å². The Balaban J connectivity index is 2.99.